The van der Waals surface area contributed by atoms with Gasteiger partial charge in [-0.1, -0.05) is 0 Å². The van der Waals surface area contributed by atoms with Gasteiger partial charge in [-0.2, -0.15) is 4.99 Å². The molecular formula is C7H6F3N3. The minimum absolute atomic E-state index is 0.153. The van der Waals surface area contributed by atoms with Gasteiger partial charge in [-0.15, -0.1) is 13.2 Å². The summed E-state index contributed by atoms with van der Waals surface area (Å²) >= 11 is 0. The van der Waals surface area contributed by atoms with E-state index in [1.807, 2.05) is 0 Å². The highest BCUT2D eigenvalue weighted by Gasteiger charge is 2.26. The van der Waals surface area contributed by atoms with E-state index in [9.17, 15) is 13.2 Å². The Morgan fingerprint density at radius 3 is 2.62 bits per heavy atom. The maximum absolute atomic E-state index is 11.7. The largest absolute Gasteiger partial charge is 0.505 e. The monoisotopic (exact) mass is 189 g/mol. The molecule has 1 aromatic rings. The fourth-order valence-electron chi connectivity index (χ4n) is 0.715. The van der Waals surface area contributed by atoms with Crippen molar-refractivity contribution in [2.75, 3.05) is 0 Å². The molecule has 0 aliphatic rings. The number of pyridine rings is 1. The highest BCUT2D eigenvalue weighted by Crippen LogP contribution is 2.16. The van der Waals surface area contributed by atoms with Crippen LogP contribution in [0.15, 0.2) is 29.5 Å². The quantitative estimate of drug-likeness (QED) is 0.411. The van der Waals surface area contributed by atoms with E-state index in [0.29, 0.717) is 0 Å². The number of aromatic nitrogens is 1. The molecule has 1 heterocycles. The van der Waals surface area contributed by atoms with Crippen molar-refractivity contribution in [3.63, 3.8) is 0 Å². The lowest BCUT2D eigenvalue weighted by molar-refractivity contribution is -0.119. The number of halogens is 3. The Balaban J connectivity index is 2.92. The van der Waals surface area contributed by atoms with Gasteiger partial charge in [0.2, 0.25) is 0 Å². The summed E-state index contributed by atoms with van der Waals surface area (Å²) < 4.78 is 35.1. The number of aliphatic imine (C=N–C) groups is 1. The molecule has 0 aromatic carbocycles. The Bertz CT molecular complexity index is 305. The fraction of sp³-hybridized carbons (Fsp3) is 0.143. The van der Waals surface area contributed by atoms with Gasteiger partial charge in [0.15, 0.2) is 0 Å². The topological polar surface area (TPSA) is 51.3 Å². The molecule has 0 bridgehead atoms. The molecule has 1 aromatic heterocycles. The third-order valence-electron chi connectivity index (χ3n) is 1.20. The summed E-state index contributed by atoms with van der Waals surface area (Å²) in [5, 5.41) is 0. The molecule has 0 fully saturated rings. The molecule has 0 radical (unpaired) electrons. The summed E-state index contributed by atoms with van der Waals surface area (Å²) in [4.78, 5) is 5.94. The van der Waals surface area contributed by atoms with Crippen molar-refractivity contribution in [2.24, 2.45) is 10.7 Å². The average Bonchev–Trinajstić information content (AvgIpc) is 2.03. The zero-order valence-electron chi connectivity index (χ0n) is 6.42. The molecule has 0 aliphatic heterocycles. The standard InChI is InChI=1S/C7H6F3N3/c8-7(9,10)13-6(11)5-2-1-3-12-4-5/h1-4H,(H2,11,13). The van der Waals surface area contributed by atoms with Crippen molar-refractivity contribution in [1.29, 1.82) is 0 Å². The van der Waals surface area contributed by atoms with E-state index in [4.69, 9.17) is 5.73 Å². The molecule has 0 unspecified atom stereocenters. The van der Waals surface area contributed by atoms with Crippen LogP contribution in [0.4, 0.5) is 13.2 Å². The number of rotatable bonds is 1. The second-order valence-electron chi connectivity index (χ2n) is 2.21. The maximum atomic E-state index is 11.7. The molecule has 0 spiro atoms. The molecule has 0 atom stereocenters. The fourth-order valence-corrected chi connectivity index (χ4v) is 0.715. The Kier molecular flexibility index (Phi) is 2.50. The smallest absolute Gasteiger partial charge is 0.383 e. The predicted molar refractivity (Wildman–Crippen MR) is 41.0 cm³/mol. The van der Waals surface area contributed by atoms with Gasteiger partial charge in [0, 0.05) is 18.0 Å². The van der Waals surface area contributed by atoms with Crippen LogP contribution in [0.5, 0.6) is 0 Å². The molecule has 0 aliphatic carbocycles. The van der Waals surface area contributed by atoms with Crippen LogP contribution in [0.2, 0.25) is 0 Å². The minimum atomic E-state index is -4.64. The first-order valence-electron chi connectivity index (χ1n) is 3.31. The van der Waals surface area contributed by atoms with Gasteiger partial charge in [-0.05, 0) is 12.1 Å². The summed E-state index contributed by atoms with van der Waals surface area (Å²) in [5.41, 5.74) is 5.22. The molecular weight excluding hydrogens is 183 g/mol. The highest BCUT2D eigenvalue weighted by atomic mass is 19.4. The predicted octanol–water partition coefficient (Wildman–Crippen LogP) is 1.31. The van der Waals surface area contributed by atoms with E-state index in [1.165, 1.54) is 24.5 Å². The van der Waals surface area contributed by atoms with Gasteiger partial charge in [-0.25, -0.2) is 0 Å². The lowest BCUT2D eigenvalue weighted by Gasteiger charge is -2.01. The normalized spacial score (nSPS) is 13.0. The third-order valence-corrected chi connectivity index (χ3v) is 1.20. The van der Waals surface area contributed by atoms with Gasteiger partial charge in [0.05, 0.1) is 0 Å². The van der Waals surface area contributed by atoms with E-state index < -0.39 is 12.1 Å². The number of nitrogens with two attached hydrogens (primary N) is 1. The first kappa shape index (κ1) is 9.50. The minimum Gasteiger partial charge on any atom is -0.383 e. The number of nitrogens with zero attached hydrogens (tertiary/aromatic N) is 2. The van der Waals surface area contributed by atoms with Crippen LogP contribution in [0.1, 0.15) is 5.56 Å². The molecule has 0 amide bonds. The maximum Gasteiger partial charge on any atom is 0.505 e. The summed E-state index contributed by atoms with van der Waals surface area (Å²) in [6.45, 7) is 0. The van der Waals surface area contributed by atoms with Crippen molar-refractivity contribution >= 4 is 5.84 Å². The van der Waals surface area contributed by atoms with Crippen molar-refractivity contribution in [3.05, 3.63) is 30.1 Å². The number of hydrogen-bond acceptors (Lipinski definition) is 2. The Morgan fingerprint density at radius 1 is 1.46 bits per heavy atom. The van der Waals surface area contributed by atoms with E-state index >= 15 is 0 Å². The van der Waals surface area contributed by atoms with Crippen LogP contribution in [0.3, 0.4) is 0 Å². The molecule has 2 N–H and O–H groups in total. The van der Waals surface area contributed by atoms with Gasteiger partial charge in [0.1, 0.15) is 5.84 Å². The van der Waals surface area contributed by atoms with E-state index in [2.05, 4.69) is 9.98 Å². The Labute approximate surface area is 72.1 Å². The lowest BCUT2D eigenvalue weighted by Crippen LogP contribution is -2.18. The number of hydrogen-bond donors (Lipinski definition) is 1. The SMILES string of the molecule is NC(=NC(F)(F)F)c1cccnc1. The Morgan fingerprint density at radius 2 is 2.15 bits per heavy atom. The van der Waals surface area contributed by atoms with Crippen molar-refractivity contribution in [3.8, 4) is 0 Å². The molecule has 1 rings (SSSR count). The molecule has 13 heavy (non-hydrogen) atoms. The number of amidine groups is 1. The van der Waals surface area contributed by atoms with Crippen LogP contribution in [0.25, 0.3) is 0 Å². The van der Waals surface area contributed by atoms with Crippen LogP contribution in [-0.4, -0.2) is 17.1 Å². The second-order valence-corrected chi connectivity index (χ2v) is 2.21. The van der Waals surface area contributed by atoms with Crippen molar-refractivity contribution < 1.29 is 13.2 Å². The first-order chi connectivity index (χ1) is 5.99. The van der Waals surface area contributed by atoms with E-state index in [1.54, 1.807) is 0 Å². The van der Waals surface area contributed by atoms with Crippen LogP contribution in [-0.2, 0) is 0 Å². The summed E-state index contributed by atoms with van der Waals surface area (Å²) in [6.07, 6.45) is -1.99. The van der Waals surface area contributed by atoms with Crippen LogP contribution >= 0.6 is 0 Å². The Hall–Kier alpha value is -1.59. The highest BCUT2D eigenvalue weighted by molar-refractivity contribution is 5.97. The van der Waals surface area contributed by atoms with Crippen LogP contribution in [0, 0.1) is 0 Å². The molecule has 0 saturated heterocycles. The van der Waals surface area contributed by atoms with Gasteiger partial charge >= 0.3 is 6.30 Å². The number of alkyl halides is 3. The van der Waals surface area contributed by atoms with Crippen molar-refractivity contribution in [1.82, 2.24) is 4.98 Å². The van der Waals surface area contributed by atoms with E-state index in [-0.39, 0.29) is 5.56 Å². The van der Waals surface area contributed by atoms with Crippen molar-refractivity contribution in [2.45, 2.75) is 6.30 Å². The molecule has 0 saturated carbocycles. The zero-order chi connectivity index (χ0) is 9.90. The molecule has 70 valence electrons. The first-order valence-corrected chi connectivity index (χ1v) is 3.31. The zero-order valence-corrected chi connectivity index (χ0v) is 6.42. The van der Waals surface area contributed by atoms with E-state index in [0.717, 1.165) is 0 Å². The third kappa shape index (κ3) is 3.10. The molecule has 6 heteroatoms. The van der Waals surface area contributed by atoms with Gasteiger partial charge < -0.3 is 5.73 Å². The summed E-state index contributed by atoms with van der Waals surface area (Å²) in [6, 6.07) is 2.88. The lowest BCUT2D eigenvalue weighted by atomic mass is 10.3. The average molecular weight is 189 g/mol. The van der Waals surface area contributed by atoms with Crippen LogP contribution < -0.4 is 5.73 Å². The summed E-state index contributed by atoms with van der Waals surface area (Å²) in [5.74, 6) is -0.583. The van der Waals surface area contributed by atoms with Gasteiger partial charge in [-0.3, -0.25) is 4.98 Å². The summed E-state index contributed by atoms with van der Waals surface area (Å²) in [7, 11) is 0. The second kappa shape index (κ2) is 3.42. The molecule has 3 nitrogen and oxygen atoms in total. The van der Waals surface area contributed by atoms with Gasteiger partial charge in [0.25, 0.3) is 0 Å².